The third kappa shape index (κ3) is 3.53. The fourth-order valence-corrected chi connectivity index (χ4v) is 3.70. The lowest BCUT2D eigenvalue weighted by atomic mass is 10.0. The summed E-state index contributed by atoms with van der Waals surface area (Å²) in [6.45, 7) is 4.19. The molecule has 5 rings (SSSR count). The second kappa shape index (κ2) is 7.77. The number of aromatic nitrogens is 7. The molecule has 1 amide bonds. The highest BCUT2D eigenvalue weighted by molar-refractivity contribution is 6.05. The predicted molar refractivity (Wildman–Crippen MR) is 122 cm³/mol. The highest BCUT2D eigenvalue weighted by Gasteiger charge is 2.15. The topological polar surface area (TPSA) is 106 Å². The number of anilines is 1. The molecule has 0 radical (unpaired) electrons. The van der Waals surface area contributed by atoms with Crippen molar-refractivity contribution >= 4 is 22.5 Å². The number of nitrogens with one attached hydrogen (secondary N) is 2. The molecule has 0 unspecified atom stereocenters. The molecule has 2 N–H and O–H groups in total. The third-order valence-electron chi connectivity index (χ3n) is 5.31. The SMILES string of the molecule is CC(C)n1cnnc1-c1ccc2[nH]nc(-c3cccc(C(=O)Nc4cnn(C)c4)c3)c2c1. The van der Waals surface area contributed by atoms with Gasteiger partial charge in [-0.05, 0) is 44.2 Å². The number of hydrogen-bond acceptors (Lipinski definition) is 5. The molecule has 32 heavy (non-hydrogen) atoms. The first-order valence-electron chi connectivity index (χ1n) is 10.3. The van der Waals surface area contributed by atoms with Gasteiger partial charge in [-0.15, -0.1) is 10.2 Å². The zero-order chi connectivity index (χ0) is 22.2. The number of rotatable bonds is 5. The first-order valence-corrected chi connectivity index (χ1v) is 10.3. The van der Waals surface area contributed by atoms with Crippen LogP contribution in [0.25, 0.3) is 33.5 Å². The molecule has 0 aliphatic carbocycles. The zero-order valence-corrected chi connectivity index (χ0v) is 17.9. The minimum Gasteiger partial charge on any atom is -0.319 e. The average Bonchev–Trinajstić information content (AvgIpc) is 3.52. The minimum atomic E-state index is -0.203. The molecule has 5 aromatic rings. The Bertz CT molecular complexity index is 1420. The molecule has 3 heterocycles. The lowest BCUT2D eigenvalue weighted by molar-refractivity contribution is 0.102. The Kier molecular flexibility index (Phi) is 4.78. The van der Waals surface area contributed by atoms with Crippen LogP contribution in [0.2, 0.25) is 0 Å². The second-order valence-electron chi connectivity index (χ2n) is 7.93. The van der Waals surface area contributed by atoms with Crippen molar-refractivity contribution in [2.75, 3.05) is 5.32 Å². The number of nitrogens with zero attached hydrogens (tertiary/aromatic N) is 6. The Morgan fingerprint density at radius 1 is 1.12 bits per heavy atom. The smallest absolute Gasteiger partial charge is 0.255 e. The van der Waals surface area contributed by atoms with Crippen LogP contribution in [0.15, 0.2) is 61.2 Å². The maximum Gasteiger partial charge on any atom is 0.255 e. The molecule has 0 spiro atoms. The molecule has 0 saturated heterocycles. The van der Waals surface area contributed by atoms with Gasteiger partial charge in [0.2, 0.25) is 0 Å². The van der Waals surface area contributed by atoms with Crippen LogP contribution in [-0.2, 0) is 7.05 Å². The second-order valence-corrected chi connectivity index (χ2v) is 7.93. The van der Waals surface area contributed by atoms with Crippen LogP contribution in [0.5, 0.6) is 0 Å². The van der Waals surface area contributed by atoms with Crippen molar-refractivity contribution in [2.24, 2.45) is 7.05 Å². The summed E-state index contributed by atoms with van der Waals surface area (Å²) in [6, 6.07) is 13.7. The van der Waals surface area contributed by atoms with E-state index < -0.39 is 0 Å². The number of amides is 1. The first kappa shape index (κ1) is 19.7. The van der Waals surface area contributed by atoms with Crippen molar-refractivity contribution in [1.82, 2.24) is 34.7 Å². The average molecular weight is 426 g/mol. The molecule has 2 aromatic carbocycles. The summed E-state index contributed by atoms with van der Waals surface area (Å²) in [4.78, 5) is 12.7. The number of benzene rings is 2. The van der Waals surface area contributed by atoms with Crippen molar-refractivity contribution in [3.8, 4) is 22.6 Å². The summed E-state index contributed by atoms with van der Waals surface area (Å²) >= 11 is 0. The molecular formula is C23H22N8O. The number of aromatic amines is 1. The first-order chi connectivity index (χ1) is 15.5. The molecule has 9 nitrogen and oxygen atoms in total. The molecule has 3 aromatic heterocycles. The monoisotopic (exact) mass is 426 g/mol. The molecule has 9 heteroatoms. The van der Waals surface area contributed by atoms with Crippen LogP contribution in [0.3, 0.4) is 0 Å². The van der Waals surface area contributed by atoms with E-state index >= 15 is 0 Å². The summed E-state index contributed by atoms with van der Waals surface area (Å²) in [6.07, 6.45) is 5.10. The maximum absolute atomic E-state index is 12.7. The van der Waals surface area contributed by atoms with Gasteiger partial charge in [0, 0.05) is 41.4 Å². The van der Waals surface area contributed by atoms with Gasteiger partial charge in [-0.25, -0.2) is 0 Å². The number of carbonyl (C=O) groups is 1. The van der Waals surface area contributed by atoms with Gasteiger partial charge in [0.15, 0.2) is 5.82 Å². The van der Waals surface area contributed by atoms with Gasteiger partial charge in [0.25, 0.3) is 5.91 Å². The maximum atomic E-state index is 12.7. The van der Waals surface area contributed by atoms with Gasteiger partial charge in [0.1, 0.15) is 6.33 Å². The van der Waals surface area contributed by atoms with E-state index in [0.29, 0.717) is 11.3 Å². The minimum absolute atomic E-state index is 0.203. The van der Waals surface area contributed by atoms with Crippen molar-refractivity contribution in [2.45, 2.75) is 19.9 Å². The molecule has 0 aliphatic heterocycles. The van der Waals surface area contributed by atoms with Crippen molar-refractivity contribution < 1.29 is 4.79 Å². The molecule has 0 bridgehead atoms. The van der Waals surface area contributed by atoms with Crippen molar-refractivity contribution in [3.63, 3.8) is 0 Å². The van der Waals surface area contributed by atoms with Crippen LogP contribution in [0, 0.1) is 0 Å². The molecule has 0 saturated carbocycles. The van der Waals surface area contributed by atoms with Gasteiger partial charge in [-0.2, -0.15) is 10.2 Å². The van der Waals surface area contributed by atoms with Crippen LogP contribution in [-0.4, -0.2) is 40.6 Å². The Labute approximate surface area is 184 Å². The summed E-state index contributed by atoms with van der Waals surface area (Å²) in [5.74, 6) is 0.601. The van der Waals surface area contributed by atoms with Crippen LogP contribution < -0.4 is 5.32 Å². The Balaban J connectivity index is 1.51. The Morgan fingerprint density at radius 3 is 2.78 bits per heavy atom. The summed E-state index contributed by atoms with van der Waals surface area (Å²) < 4.78 is 3.67. The van der Waals surface area contributed by atoms with Gasteiger partial charge >= 0.3 is 0 Å². The number of H-pyrrole nitrogens is 1. The van der Waals surface area contributed by atoms with Gasteiger partial charge in [0.05, 0.1) is 23.1 Å². The number of carbonyl (C=O) groups excluding carboxylic acids is 1. The van der Waals surface area contributed by atoms with E-state index in [-0.39, 0.29) is 11.9 Å². The zero-order valence-electron chi connectivity index (χ0n) is 17.9. The van der Waals surface area contributed by atoms with Crippen LogP contribution >= 0.6 is 0 Å². The quantitative estimate of drug-likeness (QED) is 0.441. The summed E-state index contributed by atoms with van der Waals surface area (Å²) in [5.41, 5.74) is 4.66. The van der Waals surface area contributed by atoms with E-state index in [4.69, 9.17) is 0 Å². The number of fused-ring (bicyclic) bond motifs is 1. The number of hydrogen-bond donors (Lipinski definition) is 2. The Morgan fingerprint density at radius 2 is 2.00 bits per heavy atom. The fourth-order valence-electron chi connectivity index (χ4n) is 3.70. The van der Waals surface area contributed by atoms with Crippen LogP contribution in [0.1, 0.15) is 30.2 Å². The fraction of sp³-hybridized carbons (Fsp3) is 0.174. The largest absolute Gasteiger partial charge is 0.319 e. The highest BCUT2D eigenvalue weighted by Crippen LogP contribution is 2.31. The lowest BCUT2D eigenvalue weighted by Crippen LogP contribution is -2.11. The molecular weight excluding hydrogens is 404 g/mol. The van der Waals surface area contributed by atoms with E-state index in [2.05, 4.69) is 50.7 Å². The Hall–Kier alpha value is -4.27. The van der Waals surface area contributed by atoms with Crippen molar-refractivity contribution in [3.05, 3.63) is 66.7 Å². The molecule has 0 fully saturated rings. The summed E-state index contributed by atoms with van der Waals surface area (Å²) in [5, 5.41) is 23.9. The van der Waals surface area contributed by atoms with E-state index in [1.54, 1.807) is 36.5 Å². The van der Waals surface area contributed by atoms with Gasteiger partial charge in [-0.3, -0.25) is 14.6 Å². The highest BCUT2D eigenvalue weighted by atomic mass is 16.1. The van der Waals surface area contributed by atoms with Crippen molar-refractivity contribution in [1.29, 1.82) is 0 Å². The van der Waals surface area contributed by atoms with Gasteiger partial charge < -0.3 is 9.88 Å². The third-order valence-corrected chi connectivity index (χ3v) is 5.31. The lowest BCUT2D eigenvalue weighted by Gasteiger charge is -2.10. The standard InChI is InChI=1S/C23H22N8O/c1-14(2)31-13-24-29-22(31)16-7-8-20-19(10-16)21(28-27-20)15-5-4-6-17(9-15)23(32)26-18-11-25-30(3)12-18/h4-14H,1-3H3,(H,26,32)(H,27,28). The van der Waals surface area contributed by atoms with E-state index in [0.717, 1.165) is 33.5 Å². The van der Waals surface area contributed by atoms with E-state index in [9.17, 15) is 4.79 Å². The van der Waals surface area contributed by atoms with Crippen LogP contribution in [0.4, 0.5) is 5.69 Å². The predicted octanol–water partition coefficient (Wildman–Crippen LogP) is 4.06. The molecule has 0 aliphatic rings. The molecule has 160 valence electrons. The number of aryl methyl sites for hydroxylation is 1. The summed E-state index contributed by atoms with van der Waals surface area (Å²) in [7, 11) is 1.80. The normalized spacial score (nSPS) is 11.4. The molecule has 0 atom stereocenters. The van der Waals surface area contributed by atoms with Gasteiger partial charge in [-0.1, -0.05) is 12.1 Å². The van der Waals surface area contributed by atoms with E-state index in [1.165, 1.54) is 0 Å². The van der Waals surface area contributed by atoms with E-state index in [1.807, 2.05) is 34.9 Å².